The van der Waals surface area contributed by atoms with Gasteiger partial charge in [0.15, 0.2) is 0 Å². The Kier molecular flexibility index (Phi) is 5.80. The van der Waals surface area contributed by atoms with Crippen LogP contribution in [0.4, 0.5) is 0 Å². The molecule has 0 atom stereocenters. The summed E-state index contributed by atoms with van der Waals surface area (Å²) in [6, 6.07) is 10.8. The monoisotopic (exact) mass is 276 g/mol. The molecule has 0 amide bonds. The zero-order chi connectivity index (χ0) is 13.5. The van der Waals surface area contributed by atoms with Crippen molar-refractivity contribution in [3.8, 4) is 0 Å². The van der Waals surface area contributed by atoms with Gasteiger partial charge in [0.1, 0.15) is 0 Å². The van der Waals surface area contributed by atoms with Crippen LogP contribution < -0.4 is 5.73 Å². The summed E-state index contributed by atoms with van der Waals surface area (Å²) in [5.41, 5.74) is 7.17. The number of nitrogens with zero attached hydrogens (tertiary/aromatic N) is 1. The Morgan fingerprint density at radius 2 is 1.84 bits per heavy atom. The van der Waals surface area contributed by atoms with Gasteiger partial charge in [0, 0.05) is 5.92 Å². The molecule has 1 fully saturated rings. The van der Waals surface area contributed by atoms with Gasteiger partial charge >= 0.3 is 0 Å². The molecule has 2 N–H and O–H groups in total. The smallest absolute Gasteiger partial charge is 0.0759 e. The lowest BCUT2D eigenvalue weighted by Crippen LogP contribution is -2.38. The lowest BCUT2D eigenvalue weighted by molar-refractivity contribution is 0.206. The Morgan fingerprint density at radius 1 is 1.16 bits per heavy atom. The highest BCUT2D eigenvalue weighted by Gasteiger charge is 2.20. The van der Waals surface area contributed by atoms with E-state index in [1.807, 2.05) is 0 Å². The lowest BCUT2D eigenvalue weighted by Gasteiger charge is -2.31. The minimum atomic E-state index is 0.482. The van der Waals surface area contributed by atoms with E-state index in [1.54, 1.807) is 0 Å². The summed E-state index contributed by atoms with van der Waals surface area (Å²) in [7, 11) is 0. The Balaban J connectivity index is 1.58. The summed E-state index contributed by atoms with van der Waals surface area (Å²) in [6.45, 7) is 3.54. The number of hydrogen-bond donors (Lipinski definition) is 1. The second-order valence-corrected chi connectivity index (χ2v) is 5.93. The number of likely N-dealkylation sites (tertiary alicyclic amines) is 1. The second-order valence-electron chi connectivity index (χ2n) is 5.46. The highest BCUT2D eigenvalue weighted by molar-refractivity contribution is 7.80. The topological polar surface area (TPSA) is 29.3 Å². The summed E-state index contributed by atoms with van der Waals surface area (Å²) in [5, 5.41) is 0. The first kappa shape index (κ1) is 14.5. The average molecular weight is 276 g/mol. The maximum absolute atomic E-state index is 5.71. The van der Waals surface area contributed by atoms with Crippen LogP contribution in [-0.2, 0) is 6.42 Å². The number of nitrogens with two attached hydrogens (primary N) is 1. The van der Waals surface area contributed by atoms with Crippen LogP contribution in [0, 0.1) is 5.92 Å². The van der Waals surface area contributed by atoms with Crippen molar-refractivity contribution in [2.75, 3.05) is 19.6 Å². The van der Waals surface area contributed by atoms with Gasteiger partial charge in [-0.2, -0.15) is 0 Å². The first-order valence-electron chi connectivity index (χ1n) is 7.31. The van der Waals surface area contributed by atoms with Crippen LogP contribution in [0.3, 0.4) is 0 Å². The number of aryl methyl sites for hydroxylation is 1. The number of thiocarbonyl (C=S) groups is 1. The van der Waals surface area contributed by atoms with Crippen LogP contribution in [0.25, 0.3) is 0 Å². The zero-order valence-corrected chi connectivity index (χ0v) is 12.4. The van der Waals surface area contributed by atoms with Gasteiger partial charge in [-0.05, 0) is 57.3 Å². The van der Waals surface area contributed by atoms with Gasteiger partial charge in [-0.15, -0.1) is 0 Å². The van der Waals surface area contributed by atoms with Gasteiger partial charge in [0.25, 0.3) is 0 Å². The molecule has 0 saturated carbocycles. The predicted molar refractivity (Wildman–Crippen MR) is 85.3 cm³/mol. The first-order valence-corrected chi connectivity index (χ1v) is 7.72. The van der Waals surface area contributed by atoms with Crippen molar-refractivity contribution in [1.82, 2.24) is 4.90 Å². The van der Waals surface area contributed by atoms with Crippen LogP contribution in [0.2, 0.25) is 0 Å². The molecule has 1 heterocycles. The molecule has 0 bridgehead atoms. The molecule has 0 unspecified atom stereocenters. The largest absolute Gasteiger partial charge is 0.393 e. The normalized spacial score (nSPS) is 17.5. The van der Waals surface area contributed by atoms with Gasteiger partial charge in [0.2, 0.25) is 0 Å². The third-order valence-electron chi connectivity index (χ3n) is 4.02. The van der Waals surface area contributed by atoms with Gasteiger partial charge in [-0.1, -0.05) is 42.5 Å². The molecular formula is C16H24N2S. The van der Waals surface area contributed by atoms with E-state index in [-0.39, 0.29) is 0 Å². The molecule has 2 nitrogen and oxygen atoms in total. The molecule has 0 spiro atoms. The summed E-state index contributed by atoms with van der Waals surface area (Å²) in [5.74, 6) is 0.482. The summed E-state index contributed by atoms with van der Waals surface area (Å²) in [6.07, 6.45) is 6.05. The van der Waals surface area contributed by atoms with Gasteiger partial charge < -0.3 is 10.6 Å². The molecule has 1 aliphatic heterocycles. The Labute approximate surface area is 122 Å². The number of piperidine rings is 1. The molecule has 1 saturated heterocycles. The molecule has 104 valence electrons. The fraction of sp³-hybridized carbons (Fsp3) is 0.562. The van der Waals surface area contributed by atoms with E-state index in [9.17, 15) is 0 Å². The minimum absolute atomic E-state index is 0.482. The van der Waals surface area contributed by atoms with Crippen molar-refractivity contribution in [2.45, 2.75) is 32.1 Å². The lowest BCUT2D eigenvalue weighted by atomic mass is 9.96. The predicted octanol–water partition coefficient (Wildman–Crippen LogP) is 3.01. The van der Waals surface area contributed by atoms with Crippen LogP contribution in [0.15, 0.2) is 30.3 Å². The van der Waals surface area contributed by atoms with E-state index in [1.165, 1.54) is 31.4 Å². The number of rotatable bonds is 6. The fourth-order valence-corrected chi connectivity index (χ4v) is 2.99. The molecule has 1 aliphatic rings. The average Bonchev–Trinajstić information content (AvgIpc) is 2.45. The molecule has 1 aromatic rings. The molecule has 0 aromatic heterocycles. The molecular weight excluding hydrogens is 252 g/mol. The van der Waals surface area contributed by atoms with E-state index in [4.69, 9.17) is 18.0 Å². The quantitative estimate of drug-likeness (QED) is 0.640. The van der Waals surface area contributed by atoms with E-state index in [0.29, 0.717) is 10.9 Å². The van der Waals surface area contributed by atoms with Crippen LogP contribution >= 0.6 is 12.2 Å². The number of unbranched alkanes of at least 4 members (excludes halogenated alkanes) is 1. The Morgan fingerprint density at radius 3 is 2.47 bits per heavy atom. The van der Waals surface area contributed by atoms with Crippen LogP contribution in [0.5, 0.6) is 0 Å². The SMILES string of the molecule is NC(=S)C1CCN(CCCCc2ccccc2)CC1. The number of hydrogen-bond acceptors (Lipinski definition) is 2. The third kappa shape index (κ3) is 4.92. The molecule has 2 rings (SSSR count). The Hall–Kier alpha value is -0.930. The van der Waals surface area contributed by atoms with Crippen LogP contribution in [-0.4, -0.2) is 29.5 Å². The van der Waals surface area contributed by atoms with Crippen molar-refractivity contribution in [1.29, 1.82) is 0 Å². The Bertz CT molecular complexity index is 383. The van der Waals surface area contributed by atoms with Crippen LogP contribution in [0.1, 0.15) is 31.2 Å². The number of benzene rings is 1. The van der Waals surface area contributed by atoms with E-state index in [2.05, 4.69) is 35.2 Å². The molecule has 0 aliphatic carbocycles. The van der Waals surface area contributed by atoms with Gasteiger partial charge in [-0.25, -0.2) is 0 Å². The fourth-order valence-electron chi connectivity index (χ4n) is 2.75. The maximum atomic E-state index is 5.71. The first-order chi connectivity index (χ1) is 9.25. The summed E-state index contributed by atoms with van der Waals surface area (Å²) >= 11 is 5.07. The molecule has 0 radical (unpaired) electrons. The van der Waals surface area contributed by atoms with Crippen molar-refractivity contribution in [2.24, 2.45) is 11.7 Å². The van der Waals surface area contributed by atoms with Crippen molar-refractivity contribution in [3.63, 3.8) is 0 Å². The van der Waals surface area contributed by atoms with E-state index >= 15 is 0 Å². The molecule has 19 heavy (non-hydrogen) atoms. The molecule has 3 heteroatoms. The van der Waals surface area contributed by atoms with E-state index in [0.717, 1.165) is 25.9 Å². The van der Waals surface area contributed by atoms with Crippen molar-refractivity contribution >= 4 is 17.2 Å². The van der Waals surface area contributed by atoms with Crippen molar-refractivity contribution in [3.05, 3.63) is 35.9 Å². The summed E-state index contributed by atoms with van der Waals surface area (Å²) < 4.78 is 0. The summed E-state index contributed by atoms with van der Waals surface area (Å²) in [4.78, 5) is 3.27. The van der Waals surface area contributed by atoms with Gasteiger partial charge in [0.05, 0.1) is 4.99 Å². The molecule has 1 aromatic carbocycles. The van der Waals surface area contributed by atoms with Crippen molar-refractivity contribution < 1.29 is 0 Å². The highest BCUT2D eigenvalue weighted by atomic mass is 32.1. The third-order valence-corrected chi connectivity index (χ3v) is 4.36. The minimum Gasteiger partial charge on any atom is -0.393 e. The zero-order valence-electron chi connectivity index (χ0n) is 11.6. The second kappa shape index (κ2) is 7.61. The maximum Gasteiger partial charge on any atom is 0.0759 e. The van der Waals surface area contributed by atoms with Gasteiger partial charge in [-0.3, -0.25) is 0 Å². The van der Waals surface area contributed by atoms with E-state index < -0.39 is 0 Å². The standard InChI is InChI=1S/C16H24N2S/c17-16(19)15-9-12-18(13-10-15)11-5-4-8-14-6-2-1-3-7-14/h1-3,6-7,15H,4-5,8-13H2,(H2,17,19). The highest BCUT2D eigenvalue weighted by Crippen LogP contribution is 2.17.